The molecule has 2 aromatic rings. The SMILES string of the molecule is C#C.CC#CCc1ccc(C)c(F)c1N(Cc1ccc(NNC(C)(C)C(F)(F)F)cn1)C1CCCC1.CCC. The van der Waals surface area contributed by atoms with Gasteiger partial charge in [0.05, 0.1) is 29.8 Å². The molecular formula is C31H42F4N4. The van der Waals surface area contributed by atoms with E-state index in [0.29, 0.717) is 35.6 Å². The Bertz CT molecular complexity index is 1090. The van der Waals surface area contributed by atoms with Gasteiger partial charge in [-0.1, -0.05) is 51.2 Å². The highest BCUT2D eigenvalue weighted by atomic mass is 19.4. The third-order valence-electron chi connectivity index (χ3n) is 6.29. The number of aromatic nitrogens is 1. The highest BCUT2D eigenvalue weighted by Crippen LogP contribution is 2.35. The van der Waals surface area contributed by atoms with Gasteiger partial charge >= 0.3 is 6.18 Å². The average Bonchev–Trinajstić information content (AvgIpc) is 3.44. The van der Waals surface area contributed by atoms with Gasteiger partial charge in [0.25, 0.3) is 0 Å². The molecule has 0 radical (unpaired) electrons. The Hall–Kier alpha value is -3.23. The van der Waals surface area contributed by atoms with Crippen molar-refractivity contribution >= 4 is 11.4 Å². The first kappa shape index (κ1) is 33.8. The van der Waals surface area contributed by atoms with E-state index in [1.165, 1.54) is 12.6 Å². The van der Waals surface area contributed by atoms with E-state index in [2.05, 4.69) is 59.3 Å². The van der Waals surface area contributed by atoms with E-state index < -0.39 is 11.7 Å². The van der Waals surface area contributed by atoms with Gasteiger partial charge in [-0.2, -0.15) is 13.2 Å². The number of anilines is 2. The molecule has 1 heterocycles. The fourth-order valence-corrected chi connectivity index (χ4v) is 4.01. The molecule has 3 rings (SSSR count). The predicted molar refractivity (Wildman–Crippen MR) is 154 cm³/mol. The lowest BCUT2D eigenvalue weighted by molar-refractivity contribution is -0.184. The molecular weight excluding hydrogens is 504 g/mol. The van der Waals surface area contributed by atoms with Crippen molar-refractivity contribution in [2.45, 2.75) is 104 Å². The molecule has 1 aliphatic rings. The molecule has 39 heavy (non-hydrogen) atoms. The summed E-state index contributed by atoms with van der Waals surface area (Å²) in [5.41, 5.74) is 5.91. The van der Waals surface area contributed by atoms with E-state index >= 15 is 4.39 Å². The molecule has 0 unspecified atom stereocenters. The van der Waals surface area contributed by atoms with Crippen molar-refractivity contribution in [3.63, 3.8) is 0 Å². The van der Waals surface area contributed by atoms with Crippen LogP contribution in [0.5, 0.6) is 0 Å². The lowest BCUT2D eigenvalue weighted by Crippen LogP contribution is -2.54. The van der Waals surface area contributed by atoms with Crippen molar-refractivity contribution in [2.75, 3.05) is 10.3 Å². The normalized spacial score (nSPS) is 13.2. The lowest BCUT2D eigenvalue weighted by atomic mass is 10.0. The smallest absolute Gasteiger partial charge is 0.360 e. The average molecular weight is 547 g/mol. The van der Waals surface area contributed by atoms with Crippen molar-refractivity contribution < 1.29 is 17.6 Å². The summed E-state index contributed by atoms with van der Waals surface area (Å²) in [6, 6.07) is 7.34. The monoisotopic (exact) mass is 546 g/mol. The van der Waals surface area contributed by atoms with Crippen molar-refractivity contribution in [3.8, 4) is 24.7 Å². The van der Waals surface area contributed by atoms with Crippen LogP contribution in [0.2, 0.25) is 0 Å². The van der Waals surface area contributed by atoms with E-state index in [-0.39, 0.29) is 11.9 Å². The van der Waals surface area contributed by atoms with E-state index in [9.17, 15) is 13.2 Å². The van der Waals surface area contributed by atoms with Crippen molar-refractivity contribution in [1.82, 2.24) is 10.4 Å². The number of terminal acetylenes is 1. The minimum Gasteiger partial charge on any atom is -0.360 e. The first-order valence-corrected chi connectivity index (χ1v) is 13.3. The molecule has 0 spiro atoms. The third-order valence-corrected chi connectivity index (χ3v) is 6.29. The van der Waals surface area contributed by atoms with E-state index in [4.69, 9.17) is 0 Å². The summed E-state index contributed by atoms with van der Waals surface area (Å²) in [6.07, 6.45) is 10.9. The number of alkyl halides is 3. The molecule has 0 bridgehead atoms. The van der Waals surface area contributed by atoms with Crippen LogP contribution in [0.15, 0.2) is 30.5 Å². The van der Waals surface area contributed by atoms with Crippen LogP contribution in [0.3, 0.4) is 0 Å². The van der Waals surface area contributed by atoms with Gasteiger partial charge in [0.15, 0.2) is 0 Å². The van der Waals surface area contributed by atoms with Gasteiger partial charge in [-0.25, -0.2) is 9.82 Å². The predicted octanol–water partition coefficient (Wildman–Crippen LogP) is 7.97. The Morgan fingerprint density at radius 1 is 1.08 bits per heavy atom. The first-order chi connectivity index (χ1) is 18.4. The maximum absolute atomic E-state index is 15.4. The number of hydrogen-bond acceptors (Lipinski definition) is 4. The summed E-state index contributed by atoms with van der Waals surface area (Å²) in [5, 5.41) is 0. The zero-order chi connectivity index (χ0) is 29.6. The minimum atomic E-state index is -4.41. The lowest BCUT2D eigenvalue weighted by Gasteiger charge is -2.33. The number of benzene rings is 1. The molecule has 214 valence electrons. The van der Waals surface area contributed by atoms with Crippen LogP contribution in [-0.2, 0) is 13.0 Å². The Morgan fingerprint density at radius 3 is 2.21 bits per heavy atom. The van der Waals surface area contributed by atoms with Crippen LogP contribution in [0, 0.1) is 37.4 Å². The topological polar surface area (TPSA) is 40.2 Å². The summed E-state index contributed by atoms with van der Waals surface area (Å²) < 4.78 is 54.6. The summed E-state index contributed by atoms with van der Waals surface area (Å²) in [6.45, 7) is 10.3. The van der Waals surface area contributed by atoms with Crippen LogP contribution in [0.1, 0.15) is 83.5 Å². The number of pyridine rings is 1. The van der Waals surface area contributed by atoms with Crippen LogP contribution < -0.4 is 15.8 Å². The van der Waals surface area contributed by atoms with Gasteiger partial charge in [0.2, 0.25) is 0 Å². The quantitative estimate of drug-likeness (QED) is 0.200. The van der Waals surface area contributed by atoms with Gasteiger partial charge in [0, 0.05) is 12.5 Å². The second kappa shape index (κ2) is 16.0. The van der Waals surface area contributed by atoms with E-state index in [0.717, 1.165) is 45.1 Å². The number of halogens is 4. The van der Waals surface area contributed by atoms with Crippen LogP contribution in [0.4, 0.5) is 28.9 Å². The molecule has 2 N–H and O–H groups in total. The number of aryl methyl sites for hydroxylation is 1. The molecule has 8 heteroatoms. The number of nitrogens with one attached hydrogen (secondary N) is 2. The molecule has 1 fully saturated rings. The van der Waals surface area contributed by atoms with Crippen molar-refractivity contribution in [2.24, 2.45) is 0 Å². The van der Waals surface area contributed by atoms with Gasteiger partial charge in [0.1, 0.15) is 11.4 Å². The third kappa shape index (κ3) is 9.79. The first-order valence-electron chi connectivity index (χ1n) is 13.3. The molecule has 0 saturated heterocycles. The maximum Gasteiger partial charge on any atom is 0.407 e. The van der Waals surface area contributed by atoms with Gasteiger partial charge < -0.3 is 10.3 Å². The maximum atomic E-state index is 15.4. The fourth-order valence-electron chi connectivity index (χ4n) is 4.01. The molecule has 0 amide bonds. The minimum absolute atomic E-state index is 0.193. The summed E-state index contributed by atoms with van der Waals surface area (Å²) >= 11 is 0. The number of hydrogen-bond donors (Lipinski definition) is 2. The zero-order valence-electron chi connectivity index (χ0n) is 24.0. The number of rotatable bonds is 8. The molecule has 1 aliphatic carbocycles. The number of hydrazine groups is 1. The standard InChI is InChI=1S/C26H32F4N4.C3H8.C2H2/c1-5-6-9-19-13-12-18(2)23(27)24(19)34(22-10-7-8-11-22)17-21-15-14-20(16-31-21)32-33-25(3,4)26(28,29)30;1-3-2;1-2/h12-16,22,32-33H,7-11,17H2,1-4H3;3H2,1-2H3;1-2H. The summed E-state index contributed by atoms with van der Waals surface area (Å²) in [7, 11) is 0. The summed E-state index contributed by atoms with van der Waals surface area (Å²) in [5.74, 6) is 5.70. The molecule has 0 aliphatic heterocycles. The number of nitrogens with zero attached hydrogens (tertiary/aromatic N) is 2. The van der Waals surface area contributed by atoms with E-state index in [1.54, 1.807) is 32.0 Å². The second-order valence-corrected chi connectivity index (χ2v) is 9.99. The Labute approximate surface area is 232 Å². The van der Waals surface area contributed by atoms with Crippen LogP contribution >= 0.6 is 0 Å². The van der Waals surface area contributed by atoms with Gasteiger partial charge in [-0.3, -0.25) is 4.98 Å². The molecule has 1 saturated carbocycles. The van der Waals surface area contributed by atoms with Crippen LogP contribution in [0.25, 0.3) is 0 Å². The zero-order valence-corrected chi connectivity index (χ0v) is 24.0. The van der Waals surface area contributed by atoms with E-state index in [1.807, 2.05) is 6.07 Å². The molecule has 1 aromatic heterocycles. The molecule has 0 atom stereocenters. The van der Waals surface area contributed by atoms with Gasteiger partial charge in [-0.15, -0.1) is 18.8 Å². The second-order valence-electron chi connectivity index (χ2n) is 9.99. The van der Waals surface area contributed by atoms with Crippen molar-refractivity contribution in [3.05, 3.63) is 53.1 Å². The summed E-state index contributed by atoms with van der Waals surface area (Å²) in [4.78, 5) is 6.55. The van der Waals surface area contributed by atoms with Crippen LogP contribution in [-0.4, -0.2) is 22.7 Å². The highest BCUT2D eigenvalue weighted by Gasteiger charge is 2.47. The van der Waals surface area contributed by atoms with Gasteiger partial charge in [-0.05, 0) is 63.8 Å². The molecule has 4 nitrogen and oxygen atoms in total. The Morgan fingerprint density at radius 2 is 1.69 bits per heavy atom. The highest BCUT2D eigenvalue weighted by molar-refractivity contribution is 5.59. The fraction of sp³-hybridized carbons (Fsp3) is 0.516. The largest absolute Gasteiger partial charge is 0.407 e. The Balaban J connectivity index is 0.00000142. The molecule has 1 aromatic carbocycles. The van der Waals surface area contributed by atoms with Crippen molar-refractivity contribution in [1.29, 1.82) is 0 Å². The Kier molecular flexibility index (Phi) is 13.9.